The number of aliphatic imine (C=N–C) groups is 1. The van der Waals surface area contributed by atoms with E-state index in [1.165, 1.54) is 0 Å². The first-order chi connectivity index (χ1) is 21.5. The molecule has 0 radical (unpaired) electrons. The van der Waals surface area contributed by atoms with Crippen molar-refractivity contribution >= 4 is 29.8 Å². The van der Waals surface area contributed by atoms with Crippen LogP contribution in [0.2, 0.25) is 0 Å². The van der Waals surface area contributed by atoms with E-state index < -0.39 is 23.4 Å². The summed E-state index contributed by atoms with van der Waals surface area (Å²) in [4.78, 5) is 30.3. The summed E-state index contributed by atoms with van der Waals surface area (Å²) >= 11 is 0. The number of hydrogen-bond donors (Lipinski definition) is 5. The third-order valence-corrected chi connectivity index (χ3v) is 5.67. The standard InChI is InChI=1S/C33H49N7O6/c1-32(2,3)45-30(41)38-27(34)23-11-15-25(16-12-23)43-21-9-19-36-29(40(7)8)37-20-10-22-44-26-17-13-24(14-18-26)28(35)39-31(42)46-33(4,5)6/h11-18H,9-10,19-22H2,1-8H3,(H,36,37)(H2,34,38,41)(H2,35,39,42). The number of guanidine groups is 1. The molecule has 0 fully saturated rings. The lowest BCUT2D eigenvalue weighted by Crippen LogP contribution is -2.37. The zero-order valence-electron chi connectivity index (χ0n) is 28.2. The molecule has 0 aromatic heterocycles. The maximum atomic E-state index is 11.9. The summed E-state index contributed by atoms with van der Waals surface area (Å²) in [5.74, 6) is 2.00. The molecule has 0 heterocycles. The highest BCUT2D eigenvalue weighted by molar-refractivity contribution is 6.05. The third kappa shape index (κ3) is 15.3. The van der Waals surface area contributed by atoms with E-state index in [1.807, 2.05) is 19.0 Å². The first-order valence-electron chi connectivity index (χ1n) is 15.1. The molecule has 0 aliphatic rings. The van der Waals surface area contributed by atoms with Gasteiger partial charge in [0.25, 0.3) is 0 Å². The lowest BCUT2D eigenvalue weighted by atomic mass is 10.2. The molecule has 2 amide bonds. The van der Waals surface area contributed by atoms with Crippen molar-refractivity contribution in [3.8, 4) is 11.5 Å². The molecule has 46 heavy (non-hydrogen) atoms. The van der Waals surface area contributed by atoms with Crippen LogP contribution in [0.3, 0.4) is 0 Å². The zero-order chi connectivity index (χ0) is 34.3. The van der Waals surface area contributed by atoms with Crippen LogP contribution in [0.4, 0.5) is 9.59 Å². The molecule has 0 saturated heterocycles. The summed E-state index contributed by atoms with van der Waals surface area (Å²) in [6.45, 7) is 12.8. The normalized spacial score (nSPS) is 11.6. The highest BCUT2D eigenvalue weighted by Gasteiger charge is 2.18. The number of carbonyl (C=O) groups excluding carboxylic acids is 2. The Morgan fingerprint density at radius 1 is 0.717 bits per heavy atom. The van der Waals surface area contributed by atoms with Crippen molar-refractivity contribution in [1.29, 1.82) is 10.8 Å². The molecule has 0 atom stereocenters. The minimum Gasteiger partial charge on any atom is -0.494 e. The monoisotopic (exact) mass is 639 g/mol. The van der Waals surface area contributed by atoms with Gasteiger partial charge < -0.3 is 29.2 Å². The molecule has 252 valence electrons. The van der Waals surface area contributed by atoms with Crippen LogP contribution in [0, 0.1) is 10.8 Å². The predicted molar refractivity (Wildman–Crippen MR) is 179 cm³/mol. The van der Waals surface area contributed by atoms with Crippen molar-refractivity contribution in [3.05, 3.63) is 59.7 Å². The van der Waals surface area contributed by atoms with E-state index in [4.69, 9.17) is 29.8 Å². The number of hydrogen-bond acceptors (Lipinski definition) is 9. The second-order valence-corrected chi connectivity index (χ2v) is 12.5. The van der Waals surface area contributed by atoms with Gasteiger partial charge in [0.05, 0.1) is 13.2 Å². The Morgan fingerprint density at radius 3 is 1.52 bits per heavy atom. The topological polar surface area (TPSA) is 170 Å². The molecule has 13 heteroatoms. The lowest BCUT2D eigenvalue weighted by molar-refractivity contribution is 0.0551. The first kappa shape index (κ1) is 37.4. The van der Waals surface area contributed by atoms with Gasteiger partial charge in [0.15, 0.2) is 5.96 Å². The number of rotatable bonds is 12. The highest BCUT2D eigenvalue weighted by atomic mass is 16.6. The van der Waals surface area contributed by atoms with E-state index in [9.17, 15) is 9.59 Å². The molecule has 2 aromatic rings. The Balaban J connectivity index is 1.67. The average molecular weight is 640 g/mol. The van der Waals surface area contributed by atoms with E-state index in [2.05, 4.69) is 20.9 Å². The molecular formula is C33H49N7O6. The van der Waals surface area contributed by atoms with Gasteiger partial charge >= 0.3 is 12.2 Å². The number of amides is 2. The second kappa shape index (κ2) is 17.6. The summed E-state index contributed by atoms with van der Waals surface area (Å²) in [7, 11) is 3.85. The molecule has 2 rings (SSSR count). The van der Waals surface area contributed by atoms with Gasteiger partial charge in [0.1, 0.15) is 34.4 Å². The van der Waals surface area contributed by atoms with Gasteiger partial charge in [0, 0.05) is 44.7 Å². The van der Waals surface area contributed by atoms with Gasteiger partial charge in [-0.2, -0.15) is 0 Å². The summed E-state index contributed by atoms with van der Waals surface area (Å²) in [5, 5.41) is 24.3. The molecule has 2 aromatic carbocycles. The van der Waals surface area contributed by atoms with Crippen LogP contribution in [-0.2, 0) is 9.47 Å². The van der Waals surface area contributed by atoms with E-state index in [0.717, 1.165) is 12.4 Å². The molecule has 0 bridgehead atoms. The summed E-state index contributed by atoms with van der Waals surface area (Å²) in [5.41, 5.74) is -0.194. The molecule has 0 aliphatic carbocycles. The van der Waals surface area contributed by atoms with Gasteiger partial charge in [-0.05, 0) is 96.5 Å². The van der Waals surface area contributed by atoms with Gasteiger partial charge in [0.2, 0.25) is 0 Å². The largest absolute Gasteiger partial charge is 0.494 e. The average Bonchev–Trinajstić information content (AvgIpc) is 2.94. The number of nitrogens with one attached hydrogen (secondary N) is 5. The van der Waals surface area contributed by atoms with Gasteiger partial charge in [-0.15, -0.1) is 0 Å². The molecule has 5 N–H and O–H groups in total. The minimum absolute atomic E-state index is 0.0468. The molecule has 0 aliphatic heterocycles. The maximum absolute atomic E-state index is 11.9. The Kier molecular flexibility index (Phi) is 14.3. The molecule has 0 unspecified atom stereocenters. The van der Waals surface area contributed by atoms with Gasteiger partial charge in [-0.1, -0.05) is 0 Å². The maximum Gasteiger partial charge on any atom is 0.413 e. The molecular weight excluding hydrogens is 590 g/mol. The summed E-state index contributed by atoms with van der Waals surface area (Å²) in [6, 6.07) is 13.9. The van der Waals surface area contributed by atoms with Crippen molar-refractivity contribution in [2.24, 2.45) is 4.99 Å². The summed E-state index contributed by atoms with van der Waals surface area (Å²) in [6.07, 6.45) is 0.114. The Morgan fingerprint density at radius 2 is 1.13 bits per heavy atom. The van der Waals surface area contributed by atoms with Crippen molar-refractivity contribution < 1.29 is 28.5 Å². The number of ether oxygens (including phenoxy) is 4. The van der Waals surface area contributed by atoms with Crippen LogP contribution >= 0.6 is 0 Å². The van der Waals surface area contributed by atoms with Crippen LogP contribution in [0.25, 0.3) is 0 Å². The fourth-order valence-corrected chi connectivity index (χ4v) is 3.65. The van der Waals surface area contributed by atoms with Crippen molar-refractivity contribution in [3.63, 3.8) is 0 Å². The van der Waals surface area contributed by atoms with Crippen LogP contribution in [0.15, 0.2) is 53.5 Å². The van der Waals surface area contributed by atoms with Gasteiger partial charge in [-0.25, -0.2) is 9.59 Å². The number of amidine groups is 2. The van der Waals surface area contributed by atoms with Crippen LogP contribution in [0.5, 0.6) is 11.5 Å². The van der Waals surface area contributed by atoms with Crippen LogP contribution in [-0.4, -0.2) is 86.3 Å². The fraction of sp³-hybridized carbons (Fsp3) is 0.485. The van der Waals surface area contributed by atoms with E-state index in [-0.39, 0.29) is 11.7 Å². The molecule has 0 saturated carbocycles. The minimum atomic E-state index is -0.670. The Hall–Kier alpha value is -4.81. The van der Waals surface area contributed by atoms with Crippen LogP contribution < -0.4 is 25.4 Å². The van der Waals surface area contributed by atoms with Crippen molar-refractivity contribution in [2.45, 2.75) is 65.6 Å². The highest BCUT2D eigenvalue weighted by Crippen LogP contribution is 2.14. The smallest absolute Gasteiger partial charge is 0.413 e. The van der Waals surface area contributed by atoms with E-state index in [0.29, 0.717) is 55.4 Å². The quantitative estimate of drug-likeness (QED) is 0.121. The third-order valence-electron chi connectivity index (χ3n) is 5.67. The second-order valence-electron chi connectivity index (χ2n) is 12.5. The number of alkyl carbamates (subject to hydrolysis) is 2. The number of carbonyl (C=O) groups is 2. The first-order valence-corrected chi connectivity index (χ1v) is 15.1. The predicted octanol–water partition coefficient (Wildman–Crippen LogP) is 5.13. The molecule has 13 nitrogen and oxygen atoms in total. The number of benzene rings is 2. The van der Waals surface area contributed by atoms with Crippen molar-refractivity contribution in [2.75, 3.05) is 40.4 Å². The van der Waals surface area contributed by atoms with E-state index in [1.54, 1.807) is 90.1 Å². The Labute approximate surface area is 272 Å². The Bertz CT molecular complexity index is 1330. The fourth-order valence-electron chi connectivity index (χ4n) is 3.65. The van der Waals surface area contributed by atoms with Crippen LogP contribution in [0.1, 0.15) is 65.5 Å². The SMILES string of the molecule is CN(C)C(=NCCCOc1ccc(C(=N)NC(=O)OC(C)(C)C)cc1)NCCCOc1ccc(C(=N)NC(=O)OC(C)(C)C)cc1. The summed E-state index contributed by atoms with van der Waals surface area (Å²) < 4.78 is 22.0. The van der Waals surface area contributed by atoms with E-state index >= 15 is 0 Å². The van der Waals surface area contributed by atoms with Gasteiger partial charge in [-0.3, -0.25) is 26.4 Å². The lowest BCUT2D eigenvalue weighted by Gasteiger charge is -2.19. The zero-order valence-corrected chi connectivity index (χ0v) is 28.2. The number of nitrogens with zero attached hydrogens (tertiary/aromatic N) is 2. The van der Waals surface area contributed by atoms with Crippen molar-refractivity contribution in [1.82, 2.24) is 20.9 Å². The molecule has 0 spiro atoms.